The van der Waals surface area contributed by atoms with E-state index >= 15 is 0 Å². The van der Waals surface area contributed by atoms with Gasteiger partial charge < -0.3 is 4.90 Å². The van der Waals surface area contributed by atoms with Crippen molar-refractivity contribution >= 4 is 22.0 Å². The lowest BCUT2D eigenvalue weighted by molar-refractivity contribution is 0.644. The van der Waals surface area contributed by atoms with Crippen LogP contribution in [0.15, 0.2) is 90.2 Å². The normalized spacial score (nSPS) is 20.2. The van der Waals surface area contributed by atoms with E-state index in [0.29, 0.717) is 0 Å². The van der Waals surface area contributed by atoms with Crippen LogP contribution in [0.25, 0.3) is 16.3 Å². The zero-order valence-corrected chi connectivity index (χ0v) is 19.5. The van der Waals surface area contributed by atoms with E-state index in [2.05, 4.69) is 125 Å². The standard InChI is InChI=1S/C30H31N/c1-20-22-13-9-10-15-25(22)29(2,3)24(20)16-11-17-27-30(4,5)28-23-14-8-7-12-21(23)18-19-26(28)31(27)6/h7-19H,1-6H3/b16-11+,27-17-. The third-order valence-corrected chi connectivity index (χ3v) is 7.49. The monoisotopic (exact) mass is 405 g/mol. The first-order valence-electron chi connectivity index (χ1n) is 11.2. The SMILES string of the molecule is CC1=C(/C=C/C=C2\N(C)c3ccc4ccccc4c3C2(C)C)C(C)(C)c2ccccc21. The highest BCUT2D eigenvalue weighted by molar-refractivity contribution is 5.94. The minimum absolute atomic E-state index is 0.0337. The Morgan fingerprint density at radius 1 is 0.806 bits per heavy atom. The highest BCUT2D eigenvalue weighted by Gasteiger charge is 2.39. The summed E-state index contributed by atoms with van der Waals surface area (Å²) in [7, 11) is 2.20. The summed E-state index contributed by atoms with van der Waals surface area (Å²) in [5, 5.41) is 2.67. The smallest absolute Gasteiger partial charge is 0.0454 e. The van der Waals surface area contributed by atoms with Gasteiger partial charge in [-0.15, -0.1) is 0 Å². The molecule has 0 N–H and O–H groups in total. The lowest BCUT2D eigenvalue weighted by Gasteiger charge is -2.25. The quantitative estimate of drug-likeness (QED) is 0.421. The molecule has 0 saturated heterocycles. The number of likely N-dealkylation sites (N-methyl/N-ethyl adjacent to an activating group) is 1. The molecular weight excluding hydrogens is 374 g/mol. The molecular formula is C30H31N. The number of allylic oxidation sites excluding steroid dienone is 6. The molecule has 0 atom stereocenters. The molecule has 156 valence electrons. The van der Waals surface area contributed by atoms with Crippen LogP contribution in [0.1, 0.15) is 51.3 Å². The van der Waals surface area contributed by atoms with Crippen LogP contribution in [0.4, 0.5) is 5.69 Å². The summed E-state index contributed by atoms with van der Waals surface area (Å²) in [6.07, 6.45) is 6.90. The minimum atomic E-state index is -0.0487. The summed E-state index contributed by atoms with van der Waals surface area (Å²) in [5.41, 5.74) is 9.68. The van der Waals surface area contributed by atoms with Gasteiger partial charge in [-0.05, 0) is 57.7 Å². The number of anilines is 1. The van der Waals surface area contributed by atoms with Gasteiger partial charge in [-0.3, -0.25) is 0 Å². The second kappa shape index (κ2) is 6.72. The maximum Gasteiger partial charge on any atom is 0.0454 e. The van der Waals surface area contributed by atoms with Gasteiger partial charge in [-0.1, -0.05) is 94.4 Å². The first kappa shape index (κ1) is 19.9. The molecule has 1 heterocycles. The van der Waals surface area contributed by atoms with Crippen molar-refractivity contribution in [2.24, 2.45) is 0 Å². The Hall–Kier alpha value is -3.06. The molecule has 0 amide bonds. The van der Waals surface area contributed by atoms with Crippen molar-refractivity contribution in [1.29, 1.82) is 0 Å². The van der Waals surface area contributed by atoms with Crippen LogP contribution in [0.5, 0.6) is 0 Å². The van der Waals surface area contributed by atoms with Crippen molar-refractivity contribution in [2.75, 3.05) is 11.9 Å². The van der Waals surface area contributed by atoms with Crippen LogP contribution < -0.4 is 4.90 Å². The van der Waals surface area contributed by atoms with Gasteiger partial charge in [0.25, 0.3) is 0 Å². The Kier molecular flexibility index (Phi) is 4.31. The van der Waals surface area contributed by atoms with Gasteiger partial charge in [0.05, 0.1) is 0 Å². The van der Waals surface area contributed by atoms with Gasteiger partial charge in [0.15, 0.2) is 0 Å². The van der Waals surface area contributed by atoms with E-state index in [-0.39, 0.29) is 10.8 Å². The predicted octanol–water partition coefficient (Wildman–Crippen LogP) is 7.77. The number of fused-ring (bicyclic) bond motifs is 4. The van der Waals surface area contributed by atoms with Crippen molar-refractivity contribution in [3.05, 3.63) is 107 Å². The Labute approximate surface area is 186 Å². The molecule has 0 spiro atoms. The maximum atomic E-state index is 2.36. The van der Waals surface area contributed by atoms with E-state index in [1.54, 1.807) is 0 Å². The fourth-order valence-electron chi connectivity index (χ4n) is 5.88. The molecule has 2 aliphatic rings. The lowest BCUT2D eigenvalue weighted by atomic mass is 9.80. The second-order valence-electron chi connectivity index (χ2n) is 9.99. The summed E-state index contributed by atoms with van der Waals surface area (Å²) < 4.78 is 0. The van der Waals surface area contributed by atoms with Gasteiger partial charge in [0, 0.05) is 29.3 Å². The van der Waals surface area contributed by atoms with E-state index in [9.17, 15) is 0 Å². The van der Waals surface area contributed by atoms with Crippen molar-refractivity contribution < 1.29 is 0 Å². The number of benzene rings is 3. The summed E-state index contributed by atoms with van der Waals surface area (Å²) in [4.78, 5) is 2.36. The Balaban J connectivity index is 1.56. The molecule has 1 heteroatoms. The van der Waals surface area contributed by atoms with Crippen LogP contribution in [-0.2, 0) is 10.8 Å². The van der Waals surface area contributed by atoms with Crippen molar-refractivity contribution in [1.82, 2.24) is 0 Å². The van der Waals surface area contributed by atoms with E-state index in [4.69, 9.17) is 0 Å². The minimum Gasteiger partial charge on any atom is -0.347 e. The van der Waals surface area contributed by atoms with Crippen LogP contribution >= 0.6 is 0 Å². The first-order valence-corrected chi connectivity index (χ1v) is 11.2. The maximum absolute atomic E-state index is 2.36. The average molecular weight is 406 g/mol. The lowest BCUT2D eigenvalue weighted by Crippen LogP contribution is -2.22. The van der Waals surface area contributed by atoms with Gasteiger partial charge in [-0.25, -0.2) is 0 Å². The number of hydrogen-bond acceptors (Lipinski definition) is 1. The molecule has 31 heavy (non-hydrogen) atoms. The third kappa shape index (κ3) is 2.76. The second-order valence-corrected chi connectivity index (χ2v) is 9.99. The molecule has 3 aromatic rings. The van der Waals surface area contributed by atoms with E-state index in [0.717, 1.165) is 0 Å². The predicted molar refractivity (Wildman–Crippen MR) is 135 cm³/mol. The highest BCUT2D eigenvalue weighted by Crippen LogP contribution is 2.50. The topological polar surface area (TPSA) is 3.24 Å². The zero-order valence-electron chi connectivity index (χ0n) is 19.5. The summed E-state index contributed by atoms with van der Waals surface area (Å²) in [6, 6.07) is 22.1. The summed E-state index contributed by atoms with van der Waals surface area (Å²) in [5.74, 6) is 0. The largest absolute Gasteiger partial charge is 0.347 e. The summed E-state index contributed by atoms with van der Waals surface area (Å²) >= 11 is 0. The van der Waals surface area contributed by atoms with Crippen LogP contribution in [0.3, 0.4) is 0 Å². The number of nitrogens with zero attached hydrogens (tertiary/aromatic N) is 1. The molecule has 0 radical (unpaired) electrons. The fraction of sp³-hybridized carbons (Fsp3) is 0.267. The molecule has 0 bridgehead atoms. The Morgan fingerprint density at radius 3 is 2.29 bits per heavy atom. The van der Waals surface area contributed by atoms with Crippen LogP contribution in [0.2, 0.25) is 0 Å². The molecule has 1 aliphatic heterocycles. The Morgan fingerprint density at radius 2 is 1.52 bits per heavy atom. The van der Waals surface area contributed by atoms with Crippen molar-refractivity contribution in [3.63, 3.8) is 0 Å². The zero-order chi connectivity index (χ0) is 22.0. The average Bonchev–Trinajstić information content (AvgIpc) is 3.08. The van der Waals surface area contributed by atoms with Crippen molar-refractivity contribution in [3.8, 4) is 0 Å². The molecule has 0 aromatic heterocycles. The molecule has 1 aliphatic carbocycles. The van der Waals surface area contributed by atoms with E-state index < -0.39 is 0 Å². The molecule has 3 aromatic carbocycles. The van der Waals surface area contributed by atoms with Gasteiger partial charge in [-0.2, -0.15) is 0 Å². The van der Waals surface area contributed by atoms with E-state index in [1.165, 1.54) is 50.0 Å². The third-order valence-electron chi connectivity index (χ3n) is 7.49. The van der Waals surface area contributed by atoms with Crippen molar-refractivity contribution in [2.45, 2.75) is 45.4 Å². The molecule has 0 fully saturated rings. The summed E-state index contributed by atoms with van der Waals surface area (Å²) in [6.45, 7) is 11.6. The van der Waals surface area contributed by atoms with Gasteiger partial charge in [0.2, 0.25) is 0 Å². The first-order chi connectivity index (χ1) is 14.7. The molecule has 0 saturated carbocycles. The molecule has 1 nitrogen and oxygen atoms in total. The number of rotatable bonds is 2. The van der Waals surface area contributed by atoms with E-state index in [1.807, 2.05) is 0 Å². The fourth-order valence-corrected chi connectivity index (χ4v) is 5.88. The molecule has 0 unspecified atom stereocenters. The highest BCUT2D eigenvalue weighted by atomic mass is 15.2. The number of hydrogen-bond donors (Lipinski definition) is 0. The van der Waals surface area contributed by atoms with Gasteiger partial charge in [0.1, 0.15) is 0 Å². The molecule has 5 rings (SSSR count). The van der Waals surface area contributed by atoms with Crippen LogP contribution in [-0.4, -0.2) is 7.05 Å². The van der Waals surface area contributed by atoms with Crippen LogP contribution in [0, 0.1) is 0 Å². The Bertz CT molecular complexity index is 1300. The van der Waals surface area contributed by atoms with Gasteiger partial charge >= 0.3 is 0 Å².